The number of aryl methyl sites for hydroxylation is 4. The third kappa shape index (κ3) is 9.39. The van der Waals surface area contributed by atoms with E-state index in [-0.39, 0.29) is 61.8 Å². The summed E-state index contributed by atoms with van der Waals surface area (Å²) in [5, 5.41) is 5.14. The van der Waals surface area contributed by atoms with Gasteiger partial charge in [0, 0.05) is 0 Å². The van der Waals surface area contributed by atoms with Crippen molar-refractivity contribution in [3.8, 4) is 44.9 Å². The molecule has 0 saturated heterocycles. The third-order valence-electron chi connectivity index (χ3n) is 11.2. The van der Waals surface area contributed by atoms with Crippen LogP contribution in [0.25, 0.3) is 66.4 Å². The number of rotatable bonds is 4. The Balaban J connectivity index is 0.000000240. The van der Waals surface area contributed by atoms with Gasteiger partial charge < -0.3 is 33.6 Å². The Morgan fingerprint density at radius 1 is 0.439 bits per heavy atom. The van der Waals surface area contributed by atoms with E-state index in [1.807, 2.05) is 26.0 Å². The van der Waals surface area contributed by atoms with Gasteiger partial charge in [0.25, 0.3) is 0 Å². The molecule has 0 unspecified atom stereocenters. The van der Waals surface area contributed by atoms with Crippen LogP contribution in [-0.4, -0.2) is 0 Å². The summed E-state index contributed by atoms with van der Waals surface area (Å²) >= 11 is 0. The van der Waals surface area contributed by atoms with Crippen molar-refractivity contribution in [2.24, 2.45) is 0 Å². The van der Waals surface area contributed by atoms with Crippen LogP contribution in [0.1, 0.15) is 86.4 Å². The summed E-state index contributed by atoms with van der Waals surface area (Å²) in [6.07, 6.45) is 0. The summed E-state index contributed by atoms with van der Waals surface area (Å²) in [6, 6.07) is 39.9. The van der Waals surface area contributed by atoms with E-state index < -0.39 is 0 Å². The minimum absolute atomic E-state index is 0. The van der Waals surface area contributed by atoms with Crippen LogP contribution in [0.4, 0.5) is 0 Å². The van der Waals surface area contributed by atoms with Crippen LogP contribution in [0, 0.1) is 41.5 Å². The van der Waals surface area contributed by atoms with Crippen LogP contribution in [0.3, 0.4) is 0 Å². The van der Waals surface area contributed by atoms with Crippen molar-refractivity contribution in [1.82, 2.24) is 0 Å². The monoisotopic (exact) mass is 870 g/mol. The van der Waals surface area contributed by atoms with Crippen molar-refractivity contribution in [3.05, 3.63) is 154 Å². The predicted octanol–water partition coefficient (Wildman–Crippen LogP) is 9.42. The molecule has 0 bridgehead atoms. The molecular weight excluding hydrogens is 819 g/mol. The Kier molecular flexibility index (Phi) is 14.1. The maximum Gasteiger partial charge on any atom is 4.00 e. The molecule has 292 valence electrons. The molecule has 0 N–H and O–H groups in total. The average Bonchev–Trinajstić information content (AvgIpc) is 3.93. The summed E-state index contributed by atoms with van der Waals surface area (Å²) in [4.78, 5) is 0. The summed E-state index contributed by atoms with van der Waals surface area (Å²) in [5.41, 5.74) is 15.9. The van der Waals surface area contributed by atoms with E-state index >= 15 is 0 Å². The smallest absolute Gasteiger partial charge is 1.00 e. The molecule has 2 heterocycles. The Bertz CT molecular complexity index is 2430. The molecule has 2 aromatic heterocycles. The van der Waals surface area contributed by atoms with Gasteiger partial charge in [-0.2, -0.15) is 0 Å². The van der Waals surface area contributed by atoms with Gasteiger partial charge in [-0.25, -0.2) is 0 Å². The maximum atomic E-state index is 5.86. The molecule has 0 aliphatic heterocycles. The largest absolute Gasteiger partial charge is 4.00 e. The number of hydrogen-bond donors (Lipinski definition) is 0. The molecule has 0 radical (unpaired) electrons. The molecule has 57 heavy (non-hydrogen) atoms. The fraction of sp³-hybridized carbons (Fsp3) is 0.269. The van der Waals surface area contributed by atoms with Gasteiger partial charge in [0.15, 0.2) is 0 Å². The first kappa shape index (κ1) is 45.8. The van der Waals surface area contributed by atoms with Crippen molar-refractivity contribution in [2.45, 2.75) is 93.9 Å². The fourth-order valence-corrected chi connectivity index (χ4v) is 7.69. The van der Waals surface area contributed by atoms with Crippen molar-refractivity contribution in [2.75, 3.05) is 0 Å². The number of halogens is 2. The van der Waals surface area contributed by atoms with Gasteiger partial charge in [0.05, 0.1) is 23.0 Å². The number of furan rings is 2. The van der Waals surface area contributed by atoms with Crippen LogP contribution >= 0.6 is 0 Å². The molecule has 6 aromatic carbocycles. The second kappa shape index (κ2) is 17.5. The molecule has 8 rings (SSSR count). The first-order chi connectivity index (χ1) is 25.5. The van der Waals surface area contributed by atoms with Gasteiger partial charge in [-0.05, 0) is 110 Å². The molecule has 0 fully saturated rings. The molecule has 0 atom stereocenters. The van der Waals surface area contributed by atoms with E-state index in [0.29, 0.717) is 0 Å². The van der Waals surface area contributed by atoms with Crippen LogP contribution in [0.2, 0.25) is 0 Å². The number of fused-ring (bicyclic) bond motifs is 2. The summed E-state index contributed by atoms with van der Waals surface area (Å²) < 4.78 is 11.7. The van der Waals surface area contributed by atoms with Crippen molar-refractivity contribution in [3.63, 3.8) is 0 Å². The van der Waals surface area contributed by atoms with Crippen LogP contribution < -0.4 is 24.8 Å². The van der Waals surface area contributed by atoms with E-state index in [9.17, 15) is 0 Å². The second-order valence-electron chi connectivity index (χ2n) is 17.4. The standard InChI is InChI=1S/2C26H27O.2ClH.Zr/c2*1-16-13-20-14-21(24-12-7-17(2)27-24)15-23(20)25(18(16)3)19-8-10-22(11-9-19)26(4,5)6;;;/h2*7-15H,1-6H3;2*1H;/q2*-1;;;+4/p-2. The zero-order valence-corrected chi connectivity index (χ0v) is 39.4. The molecule has 0 saturated carbocycles. The Morgan fingerprint density at radius 2 is 0.772 bits per heavy atom. The number of hydrogen-bond acceptors (Lipinski definition) is 2. The molecule has 8 aromatic rings. The van der Waals surface area contributed by atoms with Crippen LogP contribution in [-0.2, 0) is 37.0 Å². The average molecular weight is 873 g/mol. The zero-order chi connectivity index (χ0) is 38.7. The molecular formula is C52H54Cl2O2Zr. The number of benzene rings is 4. The van der Waals surface area contributed by atoms with Gasteiger partial charge in [0.2, 0.25) is 0 Å². The quantitative estimate of drug-likeness (QED) is 0.165. The zero-order valence-electron chi connectivity index (χ0n) is 35.5. The van der Waals surface area contributed by atoms with Crippen LogP contribution in [0.5, 0.6) is 0 Å². The van der Waals surface area contributed by atoms with Crippen molar-refractivity contribution >= 4 is 21.5 Å². The molecule has 2 nitrogen and oxygen atoms in total. The van der Waals surface area contributed by atoms with E-state index in [1.54, 1.807) is 0 Å². The predicted molar refractivity (Wildman–Crippen MR) is 231 cm³/mol. The molecule has 0 aliphatic carbocycles. The van der Waals surface area contributed by atoms with E-state index in [0.717, 1.165) is 34.2 Å². The van der Waals surface area contributed by atoms with Gasteiger partial charge in [0.1, 0.15) is 0 Å². The Morgan fingerprint density at radius 3 is 1.05 bits per heavy atom. The van der Waals surface area contributed by atoms with E-state index in [2.05, 4.69) is 166 Å². The SMILES string of the molecule is Cc1ccc(-c2cc3c(-c4ccc(C(C)(C)C)cc4)c(C)c(C)cc3[cH-]2)o1.Cc1ccc(-c2cc3c(-c4ccc(C(C)(C)C)cc4)c(C)c(C)cc3[cH-]2)o1.[Cl-].[Cl-].[Zr+4]. The van der Waals surface area contributed by atoms with Gasteiger partial charge in [-0.15, -0.1) is 57.9 Å². The molecule has 0 amide bonds. The summed E-state index contributed by atoms with van der Waals surface area (Å²) in [6.45, 7) is 26.4. The minimum atomic E-state index is 0. The van der Waals surface area contributed by atoms with Crippen LogP contribution in [0.15, 0.2) is 118 Å². The molecule has 0 aliphatic rings. The molecule has 0 spiro atoms. The summed E-state index contributed by atoms with van der Waals surface area (Å²) in [5.74, 6) is 3.77. The third-order valence-corrected chi connectivity index (χ3v) is 11.2. The normalized spacial score (nSPS) is 11.4. The first-order valence-electron chi connectivity index (χ1n) is 19.2. The van der Waals surface area contributed by atoms with Gasteiger partial charge >= 0.3 is 26.2 Å². The second-order valence-corrected chi connectivity index (χ2v) is 17.4. The van der Waals surface area contributed by atoms with Gasteiger partial charge in [-0.3, -0.25) is 0 Å². The minimum Gasteiger partial charge on any atom is -1.00 e. The van der Waals surface area contributed by atoms with Crippen molar-refractivity contribution < 1.29 is 59.9 Å². The van der Waals surface area contributed by atoms with E-state index in [4.69, 9.17) is 8.83 Å². The van der Waals surface area contributed by atoms with E-state index in [1.165, 1.54) is 77.2 Å². The topological polar surface area (TPSA) is 26.3 Å². The van der Waals surface area contributed by atoms with Gasteiger partial charge in [-0.1, -0.05) is 123 Å². The Labute approximate surface area is 371 Å². The Hall–Kier alpha value is -3.88. The fourth-order valence-electron chi connectivity index (χ4n) is 7.69. The van der Waals surface area contributed by atoms with Crippen molar-refractivity contribution in [1.29, 1.82) is 0 Å². The maximum absolute atomic E-state index is 5.86. The molecule has 5 heteroatoms. The summed E-state index contributed by atoms with van der Waals surface area (Å²) in [7, 11) is 0. The first-order valence-corrected chi connectivity index (χ1v) is 19.2.